The van der Waals surface area contributed by atoms with Gasteiger partial charge in [-0.1, -0.05) is 33.6 Å². The van der Waals surface area contributed by atoms with E-state index < -0.39 is 0 Å². The van der Waals surface area contributed by atoms with Gasteiger partial charge >= 0.3 is 0 Å². The molecule has 17 heavy (non-hydrogen) atoms. The zero-order valence-electron chi connectivity index (χ0n) is 9.15. The zero-order chi connectivity index (χ0) is 12.3. The molecule has 0 radical (unpaired) electrons. The molecule has 0 fully saturated rings. The fraction of sp³-hybridized carbons (Fsp3) is 0.273. The quantitative estimate of drug-likeness (QED) is 0.932. The summed E-state index contributed by atoms with van der Waals surface area (Å²) in [6, 6.07) is 6.07. The van der Waals surface area contributed by atoms with E-state index in [2.05, 4.69) is 30.0 Å². The average Bonchev–Trinajstić information content (AvgIpc) is 2.81. The molecular weight excluding hydrogens is 322 g/mol. The SMILES string of the molecule is CNC(Cc1ccc(Br)cc1Cl)c1cnsn1. The Kier molecular flexibility index (Phi) is 4.50. The van der Waals surface area contributed by atoms with E-state index in [0.29, 0.717) is 0 Å². The summed E-state index contributed by atoms with van der Waals surface area (Å²) in [5.74, 6) is 0. The van der Waals surface area contributed by atoms with Gasteiger partial charge in [0, 0.05) is 9.50 Å². The van der Waals surface area contributed by atoms with Crippen molar-refractivity contribution in [3.63, 3.8) is 0 Å². The predicted octanol–water partition coefficient (Wildman–Crippen LogP) is 3.46. The fourth-order valence-electron chi connectivity index (χ4n) is 1.59. The van der Waals surface area contributed by atoms with E-state index in [1.807, 2.05) is 25.2 Å². The van der Waals surface area contributed by atoms with Crippen LogP contribution in [-0.4, -0.2) is 15.8 Å². The molecule has 2 aromatic rings. The number of rotatable bonds is 4. The van der Waals surface area contributed by atoms with Crippen molar-refractivity contribution in [2.45, 2.75) is 12.5 Å². The van der Waals surface area contributed by atoms with Gasteiger partial charge < -0.3 is 5.32 Å². The Hall–Kier alpha value is -0.490. The van der Waals surface area contributed by atoms with Crippen molar-refractivity contribution in [2.75, 3.05) is 7.05 Å². The van der Waals surface area contributed by atoms with Crippen LogP contribution in [0.3, 0.4) is 0 Å². The first-order valence-corrected chi connectivity index (χ1v) is 6.99. The van der Waals surface area contributed by atoms with Crippen LogP contribution in [0.1, 0.15) is 17.3 Å². The van der Waals surface area contributed by atoms with Gasteiger partial charge in [0.2, 0.25) is 0 Å². The number of halogens is 2. The van der Waals surface area contributed by atoms with Gasteiger partial charge in [0.1, 0.15) is 0 Å². The van der Waals surface area contributed by atoms with Gasteiger partial charge in [-0.3, -0.25) is 0 Å². The summed E-state index contributed by atoms with van der Waals surface area (Å²) in [7, 11) is 1.91. The Bertz CT molecular complexity index is 489. The van der Waals surface area contributed by atoms with Gasteiger partial charge in [0.05, 0.1) is 29.7 Å². The molecule has 1 heterocycles. The summed E-state index contributed by atoms with van der Waals surface area (Å²) >= 11 is 10.8. The van der Waals surface area contributed by atoms with Crippen LogP contribution >= 0.6 is 39.3 Å². The Labute approximate surface area is 118 Å². The van der Waals surface area contributed by atoms with Gasteiger partial charge in [-0.25, -0.2) is 0 Å². The standard InChI is InChI=1S/C11H11BrClN3S/c1-14-10(11-6-15-17-16-11)4-7-2-3-8(12)5-9(7)13/h2-3,5-6,10,14H,4H2,1H3. The topological polar surface area (TPSA) is 37.8 Å². The second-order valence-electron chi connectivity index (χ2n) is 3.61. The normalized spacial score (nSPS) is 12.6. The second-order valence-corrected chi connectivity index (χ2v) is 5.49. The van der Waals surface area contributed by atoms with Gasteiger partial charge in [-0.15, -0.1) is 0 Å². The van der Waals surface area contributed by atoms with Crippen LogP contribution in [0.25, 0.3) is 0 Å². The molecule has 1 aromatic carbocycles. The first-order valence-electron chi connectivity index (χ1n) is 5.09. The summed E-state index contributed by atoms with van der Waals surface area (Å²) in [6.07, 6.45) is 2.59. The van der Waals surface area contributed by atoms with E-state index in [-0.39, 0.29) is 6.04 Å². The van der Waals surface area contributed by atoms with E-state index in [0.717, 1.165) is 27.2 Å². The third-order valence-electron chi connectivity index (χ3n) is 2.52. The number of nitrogens with one attached hydrogen (secondary N) is 1. The van der Waals surface area contributed by atoms with Crippen LogP contribution in [0, 0.1) is 0 Å². The summed E-state index contributed by atoms with van der Waals surface area (Å²) in [5, 5.41) is 4.00. The highest BCUT2D eigenvalue weighted by Crippen LogP contribution is 2.25. The molecule has 0 saturated heterocycles. The predicted molar refractivity (Wildman–Crippen MR) is 74.6 cm³/mol. The molecule has 90 valence electrons. The van der Waals surface area contributed by atoms with Crippen molar-refractivity contribution in [1.29, 1.82) is 0 Å². The highest BCUT2D eigenvalue weighted by Gasteiger charge is 2.14. The summed E-state index contributed by atoms with van der Waals surface area (Å²) in [4.78, 5) is 0. The molecule has 3 nitrogen and oxygen atoms in total. The monoisotopic (exact) mass is 331 g/mol. The summed E-state index contributed by atoms with van der Waals surface area (Å²) in [5.41, 5.74) is 2.05. The first kappa shape index (κ1) is 13.0. The van der Waals surface area contributed by atoms with Crippen LogP contribution in [0.15, 0.2) is 28.9 Å². The number of nitrogens with zero attached hydrogens (tertiary/aromatic N) is 2. The van der Waals surface area contributed by atoms with Gasteiger partial charge in [-0.2, -0.15) is 8.75 Å². The third kappa shape index (κ3) is 3.25. The number of benzene rings is 1. The van der Waals surface area contributed by atoms with Gasteiger partial charge in [0.15, 0.2) is 0 Å². The second kappa shape index (κ2) is 5.91. The van der Waals surface area contributed by atoms with Crippen molar-refractivity contribution >= 4 is 39.3 Å². The van der Waals surface area contributed by atoms with Gasteiger partial charge in [0.25, 0.3) is 0 Å². The molecule has 0 aliphatic rings. The Morgan fingerprint density at radius 3 is 2.94 bits per heavy atom. The molecular formula is C11H11BrClN3S. The van der Waals surface area contributed by atoms with Crippen LogP contribution in [0.2, 0.25) is 5.02 Å². The maximum atomic E-state index is 6.20. The molecule has 0 aliphatic carbocycles. The molecule has 0 spiro atoms. The van der Waals surface area contributed by atoms with E-state index >= 15 is 0 Å². The van der Waals surface area contributed by atoms with Crippen LogP contribution in [0.4, 0.5) is 0 Å². The molecule has 0 saturated carbocycles. The maximum Gasteiger partial charge on any atom is 0.0915 e. The Morgan fingerprint density at radius 2 is 2.35 bits per heavy atom. The van der Waals surface area contributed by atoms with E-state index in [9.17, 15) is 0 Å². The highest BCUT2D eigenvalue weighted by atomic mass is 79.9. The van der Waals surface area contributed by atoms with Crippen LogP contribution in [0.5, 0.6) is 0 Å². The largest absolute Gasteiger partial charge is 0.311 e. The van der Waals surface area contributed by atoms with Crippen molar-refractivity contribution in [3.05, 3.63) is 45.1 Å². The molecule has 1 unspecified atom stereocenters. The molecule has 0 amide bonds. The third-order valence-corrected chi connectivity index (χ3v) is 3.86. The zero-order valence-corrected chi connectivity index (χ0v) is 12.3. The van der Waals surface area contributed by atoms with E-state index in [4.69, 9.17) is 11.6 Å². The van der Waals surface area contributed by atoms with Gasteiger partial charge in [-0.05, 0) is 31.2 Å². The lowest BCUT2D eigenvalue weighted by atomic mass is 10.0. The minimum Gasteiger partial charge on any atom is -0.311 e. The Balaban J connectivity index is 2.19. The maximum absolute atomic E-state index is 6.20. The van der Waals surface area contributed by atoms with Crippen LogP contribution in [-0.2, 0) is 6.42 Å². The lowest BCUT2D eigenvalue weighted by Gasteiger charge is -2.14. The van der Waals surface area contributed by atoms with Crippen molar-refractivity contribution in [2.24, 2.45) is 0 Å². The molecule has 0 aliphatic heterocycles. The number of aromatic nitrogens is 2. The number of likely N-dealkylation sites (N-methyl/N-ethyl adjacent to an activating group) is 1. The molecule has 2 rings (SSSR count). The van der Waals surface area contributed by atoms with Crippen molar-refractivity contribution in [1.82, 2.24) is 14.1 Å². The van der Waals surface area contributed by atoms with Crippen molar-refractivity contribution < 1.29 is 0 Å². The van der Waals surface area contributed by atoms with E-state index in [1.54, 1.807) is 6.20 Å². The highest BCUT2D eigenvalue weighted by molar-refractivity contribution is 9.10. The minimum atomic E-state index is 0.146. The molecule has 1 N–H and O–H groups in total. The smallest absolute Gasteiger partial charge is 0.0915 e. The molecule has 1 atom stereocenters. The number of hydrogen-bond donors (Lipinski definition) is 1. The van der Waals surface area contributed by atoms with Crippen molar-refractivity contribution in [3.8, 4) is 0 Å². The summed E-state index contributed by atoms with van der Waals surface area (Å²) < 4.78 is 9.25. The lowest BCUT2D eigenvalue weighted by Crippen LogP contribution is -2.19. The average molecular weight is 333 g/mol. The number of hydrogen-bond acceptors (Lipinski definition) is 4. The fourth-order valence-corrected chi connectivity index (χ4v) is 2.81. The van der Waals surface area contributed by atoms with Crippen LogP contribution < -0.4 is 5.32 Å². The lowest BCUT2D eigenvalue weighted by molar-refractivity contribution is 0.580. The summed E-state index contributed by atoms with van der Waals surface area (Å²) in [6.45, 7) is 0. The Morgan fingerprint density at radius 1 is 1.53 bits per heavy atom. The molecule has 0 bridgehead atoms. The molecule has 1 aromatic heterocycles. The minimum absolute atomic E-state index is 0.146. The first-order chi connectivity index (χ1) is 8.20. The van der Waals surface area contributed by atoms with E-state index in [1.165, 1.54) is 11.7 Å². The molecule has 6 heteroatoms.